The van der Waals surface area contributed by atoms with Crippen LogP contribution < -0.4 is 10.9 Å². The summed E-state index contributed by atoms with van der Waals surface area (Å²) < 4.78 is 31.1. The minimum atomic E-state index is -3.92. The van der Waals surface area contributed by atoms with E-state index in [9.17, 15) is 22.8 Å². The second kappa shape index (κ2) is 10.4. The highest BCUT2D eigenvalue weighted by Gasteiger charge is 2.42. The molecule has 3 aromatic rings. The van der Waals surface area contributed by atoms with Crippen LogP contribution in [0.15, 0.2) is 39.6 Å². The summed E-state index contributed by atoms with van der Waals surface area (Å²) in [4.78, 5) is 40.0. The number of likely N-dealkylation sites (N-methyl/N-ethyl adjacent to an activating group) is 1. The Balaban J connectivity index is 1.49. The Morgan fingerprint density at radius 2 is 1.97 bits per heavy atom. The summed E-state index contributed by atoms with van der Waals surface area (Å²) in [6.45, 7) is 0.553. The Labute approximate surface area is 231 Å². The maximum atomic E-state index is 13.4. The van der Waals surface area contributed by atoms with E-state index in [2.05, 4.69) is 15.6 Å². The van der Waals surface area contributed by atoms with Crippen molar-refractivity contribution in [3.63, 3.8) is 0 Å². The van der Waals surface area contributed by atoms with Crippen LogP contribution in [0.3, 0.4) is 0 Å². The molecule has 12 nitrogen and oxygen atoms in total. The van der Waals surface area contributed by atoms with Gasteiger partial charge in [0.1, 0.15) is 19.8 Å². The second-order valence-electron chi connectivity index (χ2n) is 9.16. The van der Waals surface area contributed by atoms with Gasteiger partial charge in [0.2, 0.25) is 5.91 Å². The van der Waals surface area contributed by atoms with Crippen LogP contribution in [0.2, 0.25) is 9.36 Å². The number of nitrogens with one attached hydrogen (secondary N) is 1. The van der Waals surface area contributed by atoms with Crippen LogP contribution in [0.25, 0.3) is 0 Å². The first kappa shape index (κ1) is 26.8. The Morgan fingerprint density at radius 3 is 2.71 bits per heavy atom. The zero-order chi connectivity index (χ0) is 27.2. The van der Waals surface area contributed by atoms with Crippen LogP contribution in [0.1, 0.15) is 28.5 Å². The minimum absolute atomic E-state index is 0.00583. The number of rotatable bonds is 2. The third-order valence-electron chi connectivity index (χ3n) is 6.63. The fourth-order valence-electron chi connectivity index (χ4n) is 4.62. The molecule has 2 atom stereocenters. The number of aromatic nitrogens is 4. The predicted molar refractivity (Wildman–Crippen MR) is 140 cm³/mol. The van der Waals surface area contributed by atoms with Crippen molar-refractivity contribution in [3.05, 3.63) is 61.6 Å². The van der Waals surface area contributed by atoms with Gasteiger partial charge in [0.15, 0.2) is 0 Å². The van der Waals surface area contributed by atoms with Crippen molar-refractivity contribution in [3.8, 4) is 0 Å². The van der Waals surface area contributed by atoms with Gasteiger partial charge in [-0.25, -0.2) is 13.1 Å². The SMILES string of the molecule is CN1CCNC(=O)C[C@H]2CN(S(=O)(=O)c3cc(Cl)c(Cl)s3)C[C@H]2n2cc(nn2)Cn2cccc(c2=O)C1=O. The average Bonchev–Trinajstić information content (AvgIpc) is 3.59. The smallest absolute Gasteiger partial charge is 0.263 e. The Bertz CT molecular complexity index is 1550. The zero-order valence-electron chi connectivity index (χ0n) is 20.1. The molecule has 0 unspecified atom stereocenters. The number of hydrogen-bond acceptors (Lipinski definition) is 8. The first-order chi connectivity index (χ1) is 18.0. The number of amides is 2. The molecule has 0 spiro atoms. The lowest BCUT2D eigenvalue weighted by atomic mass is 9.99. The van der Waals surface area contributed by atoms with Crippen molar-refractivity contribution >= 4 is 56.4 Å². The largest absolute Gasteiger partial charge is 0.354 e. The standard InChI is InChI=1S/C22H23Cl2N7O5S2/c1-28-6-4-25-18(32)7-13-9-30(38(35,36)19-8-16(23)20(24)37-19)12-17(13)31-11-14(26-27-31)10-29-5-2-3-15(21(28)33)22(29)34/h2-3,5,8,11,13,17H,4,6-7,9-10,12H2,1H3,(H,25,32)/t13-,17+/m0/s1. The van der Waals surface area contributed by atoms with Gasteiger partial charge >= 0.3 is 0 Å². The first-order valence-corrected chi connectivity index (χ1v) is 14.6. The summed E-state index contributed by atoms with van der Waals surface area (Å²) in [7, 11) is -2.37. The summed E-state index contributed by atoms with van der Waals surface area (Å²) in [5, 5.41) is 11.3. The fraction of sp³-hybridized carbons (Fsp3) is 0.409. The van der Waals surface area contributed by atoms with Gasteiger partial charge in [-0.3, -0.25) is 14.4 Å². The van der Waals surface area contributed by atoms with Gasteiger partial charge in [-0.1, -0.05) is 28.4 Å². The predicted octanol–water partition coefficient (Wildman–Crippen LogP) is 1.31. The van der Waals surface area contributed by atoms with Crippen LogP contribution in [-0.4, -0.2) is 82.2 Å². The highest BCUT2D eigenvalue weighted by atomic mass is 35.5. The van der Waals surface area contributed by atoms with Crippen molar-refractivity contribution in [2.45, 2.75) is 23.2 Å². The molecule has 38 heavy (non-hydrogen) atoms. The first-order valence-electron chi connectivity index (χ1n) is 11.6. The third-order valence-corrected chi connectivity index (χ3v) is 10.8. The van der Waals surface area contributed by atoms with Crippen LogP contribution in [0.4, 0.5) is 0 Å². The Kier molecular flexibility index (Phi) is 7.35. The number of sulfonamides is 1. The van der Waals surface area contributed by atoms with E-state index in [0.29, 0.717) is 5.69 Å². The molecule has 16 heteroatoms. The summed E-state index contributed by atoms with van der Waals surface area (Å²) in [5.41, 5.74) is -0.0240. The van der Waals surface area contributed by atoms with E-state index in [4.69, 9.17) is 23.2 Å². The number of halogens is 2. The minimum Gasteiger partial charge on any atom is -0.354 e. The number of hydrogen-bond donors (Lipinski definition) is 1. The molecular weight excluding hydrogens is 577 g/mol. The van der Waals surface area contributed by atoms with Crippen molar-refractivity contribution in [2.24, 2.45) is 5.92 Å². The van der Waals surface area contributed by atoms with E-state index < -0.39 is 33.4 Å². The van der Waals surface area contributed by atoms with Gasteiger partial charge in [0.05, 0.1) is 23.8 Å². The lowest BCUT2D eigenvalue weighted by molar-refractivity contribution is -0.122. The Hall–Kier alpha value is -2.78. The summed E-state index contributed by atoms with van der Waals surface area (Å²) in [5.74, 6) is -1.17. The van der Waals surface area contributed by atoms with Gasteiger partial charge in [-0.15, -0.1) is 16.4 Å². The highest BCUT2D eigenvalue weighted by molar-refractivity contribution is 7.91. The maximum absolute atomic E-state index is 13.4. The molecule has 1 saturated heterocycles. The summed E-state index contributed by atoms with van der Waals surface area (Å²) >= 11 is 12.9. The molecule has 1 N–H and O–H groups in total. The zero-order valence-corrected chi connectivity index (χ0v) is 23.2. The third kappa shape index (κ3) is 5.10. The van der Waals surface area contributed by atoms with Gasteiger partial charge in [0.25, 0.3) is 21.5 Å². The van der Waals surface area contributed by atoms with E-state index in [-0.39, 0.29) is 64.2 Å². The van der Waals surface area contributed by atoms with E-state index in [0.717, 1.165) is 11.3 Å². The van der Waals surface area contributed by atoms with Crippen LogP contribution >= 0.6 is 34.5 Å². The van der Waals surface area contributed by atoms with Crippen molar-refractivity contribution in [1.82, 2.24) is 34.1 Å². The highest BCUT2D eigenvalue weighted by Crippen LogP contribution is 2.39. The molecule has 2 amide bonds. The molecule has 0 radical (unpaired) electrons. The lowest BCUT2D eigenvalue weighted by Gasteiger charge is -2.20. The van der Waals surface area contributed by atoms with E-state index in [1.54, 1.807) is 25.5 Å². The number of fused-ring (bicyclic) bond motifs is 6. The lowest BCUT2D eigenvalue weighted by Crippen LogP contribution is -2.39. The van der Waals surface area contributed by atoms with E-state index >= 15 is 0 Å². The van der Waals surface area contributed by atoms with Crippen LogP contribution in [0, 0.1) is 5.92 Å². The summed E-state index contributed by atoms with van der Waals surface area (Å²) in [6, 6.07) is 3.90. The molecule has 5 rings (SSSR count). The number of nitrogens with zero attached hydrogens (tertiary/aromatic N) is 6. The van der Waals surface area contributed by atoms with E-state index in [1.165, 1.54) is 30.6 Å². The molecule has 2 aliphatic rings. The molecule has 3 aromatic heterocycles. The monoisotopic (exact) mass is 599 g/mol. The van der Waals surface area contributed by atoms with Gasteiger partial charge < -0.3 is 14.8 Å². The number of pyridine rings is 1. The molecule has 202 valence electrons. The van der Waals surface area contributed by atoms with Gasteiger partial charge in [0, 0.05) is 51.8 Å². The van der Waals surface area contributed by atoms with Crippen molar-refractivity contribution < 1.29 is 18.0 Å². The van der Waals surface area contributed by atoms with Crippen LogP contribution in [-0.2, 0) is 21.4 Å². The fourth-order valence-corrected chi connectivity index (χ4v) is 8.17. The second-order valence-corrected chi connectivity index (χ2v) is 13.4. The normalized spacial score (nSPS) is 21.4. The molecule has 0 aliphatic carbocycles. The van der Waals surface area contributed by atoms with Crippen molar-refractivity contribution in [1.29, 1.82) is 0 Å². The number of thiophene rings is 1. The average molecular weight is 601 g/mol. The molecule has 5 heterocycles. The van der Waals surface area contributed by atoms with E-state index in [1.807, 2.05) is 0 Å². The van der Waals surface area contributed by atoms with Gasteiger partial charge in [-0.2, -0.15) is 4.31 Å². The Morgan fingerprint density at radius 1 is 1.18 bits per heavy atom. The molecule has 0 aromatic carbocycles. The maximum Gasteiger partial charge on any atom is 0.263 e. The van der Waals surface area contributed by atoms with Crippen LogP contribution in [0.5, 0.6) is 0 Å². The molecular formula is C22H23Cl2N7O5S2. The van der Waals surface area contributed by atoms with Gasteiger partial charge in [-0.05, 0) is 18.2 Å². The summed E-state index contributed by atoms with van der Waals surface area (Å²) in [6.07, 6.45) is 3.23. The van der Waals surface area contributed by atoms with Crippen molar-refractivity contribution in [2.75, 3.05) is 33.2 Å². The number of carbonyl (C=O) groups excluding carboxylic acids is 2. The molecule has 2 aliphatic heterocycles. The molecule has 4 bridgehead atoms. The topological polar surface area (TPSA) is 140 Å². The number of carbonyl (C=O) groups is 2. The molecule has 1 fully saturated rings. The quantitative estimate of drug-likeness (QED) is 0.468. The molecule has 0 saturated carbocycles.